The Morgan fingerprint density at radius 3 is 2.86 bits per heavy atom. The summed E-state index contributed by atoms with van der Waals surface area (Å²) in [5.74, 6) is 0.552. The molecule has 3 heteroatoms. The van der Waals surface area contributed by atoms with Gasteiger partial charge in [-0.25, -0.2) is 0 Å². The van der Waals surface area contributed by atoms with Gasteiger partial charge in [-0.3, -0.25) is 0 Å². The molecule has 0 bridgehead atoms. The standard InChI is InChI=1S/C11H16N2S/c1-7-2-3-8(4-10(7)14)9-5-11(12)13-6-9/h2-4,9,11,13-14H,5-6,12H2,1H3. The summed E-state index contributed by atoms with van der Waals surface area (Å²) >= 11 is 4.43. The van der Waals surface area contributed by atoms with Gasteiger partial charge in [0.25, 0.3) is 0 Å². The summed E-state index contributed by atoms with van der Waals surface area (Å²) in [6.07, 6.45) is 1.18. The van der Waals surface area contributed by atoms with Crippen LogP contribution in [0.2, 0.25) is 0 Å². The molecule has 2 unspecified atom stereocenters. The minimum Gasteiger partial charge on any atom is -0.316 e. The molecule has 0 radical (unpaired) electrons. The van der Waals surface area contributed by atoms with E-state index >= 15 is 0 Å². The number of aryl methyl sites for hydroxylation is 1. The quantitative estimate of drug-likeness (QED) is 0.614. The van der Waals surface area contributed by atoms with Gasteiger partial charge in [0, 0.05) is 11.4 Å². The van der Waals surface area contributed by atoms with Crippen LogP contribution in [-0.4, -0.2) is 12.7 Å². The summed E-state index contributed by atoms with van der Waals surface area (Å²) in [6, 6.07) is 6.46. The Morgan fingerprint density at radius 1 is 1.50 bits per heavy atom. The molecule has 0 aromatic heterocycles. The lowest BCUT2D eigenvalue weighted by Gasteiger charge is -2.10. The van der Waals surface area contributed by atoms with E-state index in [2.05, 4.69) is 43.1 Å². The second-order valence-corrected chi connectivity index (χ2v) is 4.48. The topological polar surface area (TPSA) is 38.0 Å². The highest BCUT2D eigenvalue weighted by Gasteiger charge is 2.22. The minimum absolute atomic E-state index is 0.157. The molecule has 76 valence electrons. The molecule has 1 fully saturated rings. The fourth-order valence-electron chi connectivity index (χ4n) is 1.90. The van der Waals surface area contributed by atoms with Crippen LogP contribution >= 0.6 is 12.6 Å². The van der Waals surface area contributed by atoms with Crippen LogP contribution in [0.4, 0.5) is 0 Å². The van der Waals surface area contributed by atoms with E-state index in [9.17, 15) is 0 Å². The summed E-state index contributed by atoms with van der Waals surface area (Å²) in [5.41, 5.74) is 8.38. The van der Waals surface area contributed by atoms with Gasteiger partial charge >= 0.3 is 0 Å². The van der Waals surface area contributed by atoms with Gasteiger partial charge < -0.3 is 11.1 Å². The predicted octanol–water partition coefficient (Wildman–Crippen LogP) is 1.65. The highest BCUT2D eigenvalue weighted by atomic mass is 32.1. The molecule has 3 N–H and O–H groups in total. The molecule has 1 heterocycles. The third-order valence-corrected chi connectivity index (χ3v) is 3.35. The summed E-state index contributed by atoms with van der Waals surface area (Å²) < 4.78 is 0. The molecule has 0 saturated carbocycles. The molecule has 0 aliphatic carbocycles. The maximum absolute atomic E-state index is 5.80. The molecule has 1 aliphatic heterocycles. The summed E-state index contributed by atoms with van der Waals surface area (Å²) in [7, 11) is 0. The second kappa shape index (κ2) is 3.93. The normalized spacial score (nSPS) is 26.8. The maximum Gasteiger partial charge on any atom is 0.0552 e. The third-order valence-electron chi connectivity index (χ3n) is 2.87. The number of hydrogen-bond donors (Lipinski definition) is 3. The predicted molar refractivity (Wildman–Crippen MR) is 61.8 cm³/mol. The Morgan fingerprint density at radius 2 is 2.29 bits per heavy atom. The molecule has 0 amide bonds. The molecule has 0 spiro atoms. The fraction of sp³-hybridized carbons (Fsp3) is 0.455. The molecule has 2 rings (SSSR count). The Kier molecular flexibility index (Phi) is 2.81. The summed E-state index contributed by atoms with van der Waals surface area (Å²) in [5, 5.41) is 3.25. The van der Waals surface area contributed by atoms with Gasteiger partial charge in [-0.05, 0) is 36.5 Å². The minimum atomic E-state index is 0.157. The van der Waals surface area contributed by atoms with Crippen molar-refractivity contribution in [1.29, 1.82) is 0 Å². The van der Waals surface area contributed by atoms with Crippen LogP contribution in [0.5, 0.6) is 0 Å². The van der Waals surface area contributed by atoms with Crippen molar-refractivity contribution < 1.29 is 0 Å². The van der Waals surface area contributed by atoms with E-state index in [0.717, 1.165) is 17.9 Å². The molecule has 1 saturated heterocycles. The number of rotatable bonds is 1. The first-order chi connectivity index (χ1) is 6.66. The highest BCUT2D eigenvalue weighted by molar-refractivity contribution is 7.80. The van der Waals surface area contributed by atoms with Crippen LogP contribution in [0.3, 0.4) is 0 Å². The molecular formula is C11H16N2S. The van der Waals surface area contributed by atoms with Crippen molar-refractivity contribution >= 4 is 12.6 Å². The van der Waals surface area contributed by atoms with Crippen LogP contribution in [0.1, 0.15) is 23.5 Å². The Hall–Kier alpha value is -0.510. The van der Waals surface area contributed by atoms with Crippen molar-refractivity contribution in [3.05, 3.63) is 29.3 Å². The van der Waals surface area contributed by atoms with E-state index in [-0.39, 0.29) is 6.17 Å². The molecular weight excluding hydrogens is 192 g/mol. The second-order valence-electron chi connectivity index (χ2n) is 3.99. The molecule has 14 heavy (non-hydrogen) atoms. The molecule has 2 nitrogen and oxygen atoms in total. The Balaban J connectivity index is 2.20. The van der Waals surface area contributed by atoms with Crippen LogP contribution in [0, 0.1) is 6.92 Å². The first kappa shape index (κ1) is 10.0. The highest BCUT2D eigenvalue weighted by Crippen LogP contribution is 2.26. The number of benzene rings is 1. The van der Waals surface area contributed by atoms with E-state index in [1.165, 1.54) is 11.1 Å². The SMILES string of the molecule is Cc1ccc(C2CNC(N)C2)cc1S. The first-order valence-electron chi connectivity index (χ1n) is 4.95. The number of nitrogens with two attached hydrogens (primary N) is 1. The van der Waals surface area contributed by atoms with E-state index < -0.39 is 0 Å². The zero-order valence-corrected chi connectivity index (χ0v) is 9.22. The molecule has 2 atom stereocenters. The van der Waals surface area contributed by atoms with E-state index in [4.69, 9.17) is 5.73 Å². The molecule has 1 aromatic rings. The van der Waals surface area contributed by atoms with E-state index in [1.54, 1.807) is 0 Å². The zero-order chi connectivity index (χ0) is 10.1. The average molecular weight is 208 g/mol. The van der Waals surface area contributed by atoms with Crippen LogP contribution in [0.15, 0.2) is 23.1 Å². The number of hydrogen-bond acceptors (Lipinski definition) is 3. The van der Waals surface area contributed by atoms with Gasteiger partial charge in [0.1, 0.15) is 0 Å². The van der Waals surface area contributed by atoms with Gasteiger partial charge in [-0.2, -0.15) is 0 Å². The monoisotopic (exact) mass is 208 g/mol. The number of thiol groups is 1. The first-order valence-corrected chi connectivity index (χ1v) is 5.40. The molecule has 1 aliphatic rings. The van der Waals surface area contributed by atoms with Crippen molar-refractivity contribution in [1.82, 2.24) is 5.32 Å². The Labute approximate surface area is 90.3 Å². The van der Waals surface area contributed by atoms with Crippen molar-refractivity contribution in [2.45, 2.75) is 30.3 Å². The summed E-state index contributed by atoms with van der Waals surface area (Å²) in [4.78, 5) is 1.07. The lowest BCUT2D eigenvalue weighted by molar-refractivity contribution is 0.628. The van der Waals surface area contributed by atoms with Gasteiger partial charge in [0.2, 0.25) is 0 Å². The van der Waals surface area contributed by atoms with Crippen LogP contribution < -0.4 is 11.1 Å². The summed E-state index contributed by atoms with van der Waals surface area (Å²) in [6.45, 7) is 3.06. The van der Waals surface area contributed by atoms with E-state index in [1.807, 2.05) is 0 Å². The van der Waals surface area contributed by atoms with Crippen molar-refractivity contribution in [2.24, 2.45) is 5.73 Å². The lowest BCUT2D eigenvalue weighted by Crippen LogP contribution is -2.30. The molecule has 1 aromatic carbocycles. The van der Waals surface area contributed by atoms with Gasteiger partial charge in [0.15, 0.2) is 0 Å². The van der Waals surface area contributed by atoms with Crippen molar-refractivity contribution in [3.8, 4) is 0 Å². The van der Waals surface area contributed by atoms with Crippen molar-refractivity contribution in [3.63, 3.8) is 0 Å². The van der Waals surface area contributed by atoms with Gasteiger partial charge in [-0.1, -0.05) is 12.1 Å². The van der Waals surface area contributed by atoms with Crippen molar-refractivity contribution in [2.75, 3.05) is 6.54 Å². The van der Waals surface area contributed by atoms with Gasteiger partial charge in [-0.15, -0.1) is 12.6 Å². The zero-order valence-electron chi connectivity index (χ0n) is 8.33. The lowest BCUT2D eigenvalue weighted by atomic mass is 9.97. The van der Waals surface area contributed by atoms with E-state index in [0.29, 0.717) is 5.92 Å². The van der Waals surface area contributed by atoms with Crippen LogP contribution in [0.25, 0.3) is 0 Å². The largest absolute Gasteiger partial charge is 0.316 e. The maximum atomic E-state index is 5.80. The third kappa shape index (κ3) is 1.95. The fourth-order valence-corrected chi connectivity index (χ4v) is 2.12. The average Bonchev–Trinajstić information content (AvgIpc) is 2.57. The van der Waals surface area contributed by atoms with Crippen LogP contribution in [-0.2, 0) is 0 Å². The smallest absolute Gasteiger partial charge is 0.0552 e. The van der Waals surface area contributed by atoms with Gasteiger partial charge in [0.05, 0.1) is 6.17 Å². The Bertz CT molecular complexity index is 338. The number of nitrogens with one attached hydrogen (secondary N) is 1.